The third kappa shape index (κ3) is 2.04. The number of hydrogen-bond donors (Lipinski definition) is 1. The minimum atomic E-state index is 0.216. The molecule has 4 rings (SSSR count). The van der Waals surface area contributed by atoms with E-state index in [0.717, 1.165) is 18.0 Å². The van der Waals surface area contributed by atoms with Crippen LogP contribution in [0.25, 0.3) is 11.5 Å². The molecule has 2 aliphatic rings. The molecule has 3 heterocycles. The number of fused-ring (bicyclic) bond motifs is 1. The number of rotatable bonds is 2. The van der Waals surface area contributed by atoms with Crippen LogP contribution in [0.2, 0.25) is 0 Å². The summed E-state index contributed by atoms with van der Waals surface area (Å²) in [6, 6.07) is 2.75. The summed E-state index contributed by atoms with van der Waals surface area (Å²) in [5.74, 6) is 2.07. The van der Waals surface area contributed by atoms with Gasteiger partial charge < -0.3 is 9.84 Å². The van der Waals surface area contributed by atoms with Crippen molar-refractivity contribution in [3.63, 3.8) is 0 Å². The Balaban J connectivity index is 1.54. The van der Waals surface area contributed by atoms with Gasteiger partial charge in [0.05, 0.1) is 6.04 Å². The molecule has 2 aromatic rings. The highest BCUT2D eigenvalue weighted by Crippen LogP contribution is 2.38. The maximum absolute atomic E-state index is 5.45. The van der Waals surface area contributed by atoms with Crippen molar-refractivity contribution in [2.24, 2.45) is 13.0 Å². The minimum absolute atomic E-state index is 0.216. The molecule has 2 fully saturated rings. The summed E-state index contributed by atoms with van der Waals surface area (Å²) < 4.78 is 7.19. The van der Waals surface area contributed by atoms with Gasteiger partial charge in [0.15, 0.2) is 0 Å². The van der Waals surface area contributed by atoms with Crippen molar-refractivity contribution in [1.29, 1.82) is 0 Å². The van der Waals surface area contributed by atoms with E-state index in [-0.39, 0.29) is 6.04 Å². The van der Waals surface area contributed by atoms with E-state index in [0.29, 0.717) is 17.8 Å². The lowest BCUT2D eigenvalue weighted by molar-refractivity contribution is 0.324. The van der Waals surface area contributed by atoms with E-state index in [9.17, 15) is 0 Å². The molecule has 0 amide bonds. The normalized spacial score (nSPS) is 29.6. The second kappa shape index (κ2) is 4.70. The zero-order chi connectivity index (χ0) is 13.5. The number of aryl methyl sites for hydroxylation is 1. The summed E-state index contributed by atoms with van der Waals surface area (Å²) >= 11 is 0. The Bertz CT molecular complexity index is 590. The van der Waals surface area contributed by atoms with Crippen LogP contribution >= 0.6 is 0 Å². The summed E-state index contributed by atoms with van der Waals surface area (Å²) in [5, 5.41) is 12.0. The van der Waals surface area contributed by atoms with Crippen molar-refractivity contribution in [3.8, 4) is 11.5 Å². The lowest BCUT2D eigenvalue weighted by Gasteiger charge is -2.24. The monoisotopic (exact) mass is 273 g/mol. The first-order valence-electron chi connectivity index (χ1n) is 7.39. The molecule has 3 unspecified atom stereocenters. The molecule has 0 spiro atoms. The fraction of sp³-hybridized carbons (Fsp3) is 0.643. The third-order valence-corrected chi connectivity index (χ3v) is 4.55. The van der Waals surface area contributed by atoms with Gasteiger partial charge in [-0.2, -0.15) is 10.1 Å². The van der Waals surface area contributed by atoms with Gasteiger partial charge in [0, 0.05) is 19.3 Å². The molecule has 1 aliphatic carbocycles. The first-order chi connectivity index (χ1) is 9.79. The van der Waals surface area contributed by atoms with E-state index in [1.165, 1.54) is 25.7 Å². The highest BCUT2D eigenvalue weighted by Gasteiger charge is 2.38. The molecule has 0 bridgehead atoms. The van der Waals surface area contributed by atoms with Crippen LogP contribution in [0.5, 0.6) is 0 Å². The molecule has 6 nitrogen and oxygen atoms in total. The molecular weight excluding hydrogens is 254 g/mol. The van der Waals surface area contributed by atoms with Crippen LogP contribution in [0.15, 0.2) is 16.8 Å². The standard InChI is InChI=1S/C14H19N5O/c1-19-7-6-11(17-19)13-16-14(20-18-13)12-8-9-4-2-3-5-10(9)15-12/h6-7,9-10,12,15H,2-5,8H2,1H3. The summed E-state index contributed by atoms with van der Waals surface area (Å²) in [6.07, 6.45) is 8.31. The molecular formula is C14H19N5O. The van der Waals surface area contributed by atoms with E-state index in [2.05, 4.69) is 20.6 Å². The van der Waals surface area contributed by atoms with Crippen LogP contribution in [-0.4, -0.2) is 26.0 Å². The highest BCUT2D eigenvalue weighted by atomic mass is 16.5. The van der Waals surface area contributed by atoms with Gasteiger partial charge in [-0.3, -0.25) is 4.68 Å². The average molecular weight is 273 g/mol. The third-order valence-electron chi connectivity index (χ3n) is 4.55. The van der Waals surface area contributed by atoms with E-state index in [1.54, 1.807) is 4.68 Å². The first-order valence-corrected chi connectivity index (χ1v) is 7.39. The molecule has 1 N–H and O–H groups in total. The Labute approximate surface area is 117 Å². The van der Waals surface area contributed by atoms with Crippen LogP contribution in [0.4, 0.5) is 0 Å². The summed E-state index contributed by atoms with van der Waals surface area (Å²) in [6.45, 7) is 0. The quantitative estimate of drug-likeness (QED) is 0.907. The topological polar surface area (TPSA) is 68.8 Å². The van der Waals surface area contributed by atoms with Crippen molar-refractivity contribution >= 4 is 0 Å². The second-order valence-electron chi connectivity index (χ2n) is 5.94. The van der Waals surface area contributed by atoms with E-state index < -0.39 is 0 Å². The predicted octanol–water partition coefficient (Wildman–Crippen LogP) is 2.06. The van der Waals surface area contributed by atoms with E-state index in [4.69, 9.17) is 4.52 Å². The zero-order valence-corrected chi connectivity index (χ0v) is 11.6. The fourth-order valence-electron chi connectivity index (χ4n) is 3.53. The van der Waals surface area contributed by atoms with Gasteiger partial charge >= 0.3 is 0 Å². The molecule has 6 heteroatoms. The fourth-order valence-corrected chi connectivity index (χ4v) is 3.53. The van der Waals surface area contributed by atoms with Crippen molar-refractivity contribution in [3.05, 3.63) is 18.2 Å². The maximum atomic E-state index is 5.45. The minimum Gasteiger partial charge on any atom is -0.337 e. The van der Waals surface area contributed by atoms with E-state index >= 15 is 0 Å². The summed E-state index contributed by atoms with van der Waals surface area (Å²) in [7, 11) is 1.88. The molecule has 0 radical (unpaired) electrons. The van der Waals surface area contributed by atoms with Gasteiger partial charge in [-0.1, -0.05) is 18.0 Å². The largest absolute Gasteiger partial charge is 0.337 e. The van der Waals surface area contributed by atoms with Crippen molar-refractivity contribution in [2.75, 3.05) is 0 Å². The second-order valence-corrected chi connectivity index (χ2v) is 5.94. The number of aromatic nitrogens is 4. The number of hydrogen-bond acceptors (Lipinski definition) is 5. The van der Waals surface area contributed by atoms with Gasteiger partial charge in [0.2, 0.25) is 11.7 Å². The van der Waals surface area contributed by atoms with Gasteiger partial charge in [-0.15, -0.1) is 0 Å². The Morgan fingerprint density at radius 2 is 2.25 bits per heavy atom. The Morgan fingerprint density at radius 3 is 3.05 bits per heavy atom. The molecule has 1 aliphatic heterocycles. The molecule has 106 valence electrons. The van der Waals surface area contributed by atoms with E-state index in [1.807, 2.05) is 19.3 Å². The van der Waals surface area contributed by atoms with Crippen LogP contribution in [0.3, 0.4) is 0 Å². The van der Waals surface area contributed by atoms with Gasteiger partial charge in [-0.25, -0.2) is 0 Å². The summed E-state index contributed by atoms with van der Waals surface area (Å²) in [4.78, 5) is 4.52. The van der Waals surface area contributed by atoms with Gasteiger partial charge in [0.1, 0.15) is 5.69 Å². The van der Waals surface area contributed by atoms with Crippen molar-refractivity contribution in [1.82, 2.24) is 25.2 Å². The molecule has 2 aromatic heterocycles. The maximum Gasteiger partial charge on any atom is 0.244 e. The molecule has 0 aromatic carbocycles. The smallest absolute Gasteiger partial charge is 0.244 e. The average Bonchev–Trinajstić information content (AvgIpc) is 3.16. The lowest BCUT2D eigenvalue weighted by atomic mass is 9.85. The van der Waals surface area contributed by atoms with Crippen LogP contribution < -0.4 is 5.32 Å². The molecule has 1 saturated carbocycles. The molecule has 3 atom stereocenters. The van der Waals surface area contributed by atoms with Crippen LogP contribution in [-0.2, 0) is 7.05 Å². The number of nitrogens with one attached hydrogen (secondary N) is 1. The zero-order valence-electron chi connectivity index (χ0n) is 11.6. The first kappa shape index (κ1) is 12.1. The molecule has 20 heavy (non-hydrogen) atoms. The number of nitrogens with zero attached hydrogens (tertiary/aromatic N) is 4. The van der Waals surface area contributed by atoms with Crippen LogP contribution in [0, 0.1) is 5.92 Å². The van der Waals surface area contributed by atoms with Gasteiger partial charge in [-0.05, 0) is 31.2 Å². The molecule has 1 saturated heterocycles. The SMILES string of the molecule is Cn1ccc(-c2noc(C3CC4CCCCC4N3)n2)n1. The Kier molecular flexibility index (Phi) is 2.84. The highest BCUT2D eigenvalue weighted by molar-refractivity contribution is 5.46. The Hall–Kier alpha value is -1.69. The van der Waals surface area contributed by atoms with Crippen molar-refractivity contribution in [2.45, 2.75) is 44.2 Å². The summed E-state index contributed by atoms with van der Waals surface area (Å²) in [5.41, 5.74) is 0.762. The predicted molar refractivity (Wildman–Crippen MR) is 72.7 cm³/mol. The van der Waals surface area contributed by atoms with Crippen LogP contribution in [0.1, 0.15) is 44.0 Å². The van der Waals surface area contributed by atoms with Gasteiger partial charge in [0.25, 0.3) is 0 Å². The van der Waals surface area contributed by atoms with Crippen molar-refractivity contribution < 1.29 is 4.52 Å². The Morgan fingerprint density at radius 1 is 1.35 bits per heavy atom. The lowest BCUT2D eigenvalue weighted by Crippen LogP contribution is -2.30.